The highest BCUT2D eigenvalue weighted by Gasteiger charge is 2.38. The van der Waals surface area contributed by atoms with Crippen molar-refractivity contribution in [3.63, 3.8) is 0 Å². The molecule has 182 valence electrons. The standard InChI is InChI=1S/C25H33F2N7/c1-4-15(2)34-14-21(32-18-5-7-31-13-18)23(34)25(29)33-8-6-16-9-19(17(11-28)12-30-3)20(24(26)27)10-22(16)33/h9-12,18,24-25,31-32H,1,5-8,13-14,28-29H2,2-3H3. The Morgan fingerprint density at radius 3 is 2.82 bits per heavy atom. The van der Waals surface area contributed by atoms with Crippen LogP contribution in [0.4, 0.5) is 14.5 Å². The summed E-state index contributed by atoms with van der Waals surface area (Å²) in [6, 6.07) is 3.71. The number of rotatable bonds is 8. The third-order valence-electron chi connectivity index (χ3n) is 6.81. The number of alkyl halides is 2. The van der Waals surface area contributed by atoms with Gasteiger partial charge >= 0.3 is 0 Å². The minimum Gasteiger partial charge on any atom is -0.404 e. The van der Waals surface area contributed by atoms with Gasteiger partial charge in [0.15, 0.2) is 0 Å². The van der Waals surface area contributed by atoms with E-state index in [0.717, 1.165) is 47.9 Å². The number of nitrogens with two attached hydrogens (primary N) is 2. The van der Waals surface area contributed by atoms with Gasteiger partial charge < -0.3 is 31.9 Å². The van der Waals surface area contributed by atoms with Crippen LogP contribution in [0.25, 0.3) is 5.57 Å². The Morgan fingerprint density at radius 2 is 2.21 bits per heavy atom. The highest BCUT2D eigenvalue weighted by atomic mass is 19.3. The average Bonchev–Trinajstić information content (AvgIpc) is 3.48. The van der Waals surface area contributed by atoms with E-state index in [4.69, 9.17) is 11.5 Å². The molecule has 7 nitrogen and oxygen atoms in total. The Kier molecular flexibility index (Phi) is 7.07. The van der Waals surface area contributed by atoms with Gasteiger partial charge in [-0.05, 0) is 49.6 Å². The summed E-state index contributed by atoms with van der Waals surface area (Å²) < 4.78 is 28.2. The molecule has 6 N–H and O–H groups in total. The number of anilines is 1. The van der Waals surface area contributed by atoms with E-state index in [2.05, 4.69) is 32.8 Å². The van der Waals surface area contributed by atoms with Crippen molar-refractivity contribution in [3.8, 4) is 0 Å². The van der Waals surface area contributed by atoms with Gasteiger partial charge in [0, 0.05) is 55.4 Å². The van der Waals surface area contributed by atoms with Crippen molar-refractivity contribution >= 4 is 17.5 Å². The van der Waals surface area contributed by atoms with E-state index in [0.29, 0.717) is 36.7 Å². The summed E-state index contributed by atoms with van der Waals surface area (Å²) in [4.78, 5) is 8.06. The predicted molar refractivity (Wildman–Crippen MR) is 133 cm³/mol. The molecule has 3 aliphatic heterocycles. The van der Waals surface area contributed by atoms with Crippen molar-refractivity contribution in [1.82, 2.24) is 15.5 Å². The fraction of sp³-hybridized carbons (Fsp3) is 0.440. The lowest BCUT2D eigenvalue weighted by Gasteiger charge is -2.45. The summed E-state index contributed by atoms with van der Waals surface area (Å²) in [5.74, 6) is 0. The van der Waals surface area contributed by atoms with E-state index in [9.17, 15) is 8.78 Å². The quantitative estimate of drug-likeness (QED) is 0.345. The van der Waals surface area contributed by atoms with Crippen molar-refractivity contribution < 1.29 is 8.78 Å². The number of fused-ring (bicyclic) bond motifs is 1. The molecule has 0 amide bonds. The summed E-state index contributed by atoms with van der Waals surface area (Å²) in [6.07, 6.45) is 1.43. The molecule has 1 saturated heterocycles. The van der Waals surface area contributed by atoms with Gasteiger partial charge in [-0.1, -0.05) is 6.58 Å². The molecule has 0 spiro atoms. The number of nitrogens with zero attached hydrogens (tertiary/aromatic N) is 3. The number of benzene rings is 1. The first kappa shape index (κ1) is 24.0. The van der Waals surface area contributed by atoms with Crippen molar-refractivity contribution in [1.29, 1.82) is 0 Å². The van der Waals surface area contributed by atoms with E-state index >= 15 is 0 Å². The lowest BCUT2D eigenvalue weighted by Crippen LogP contribution is -2.55. The molecule has 2 unspecified atom stereocenters. The Labute approximate surface area is 199 Å². The maximum Gasteiger partial charge on any atom is 0.264 e. The maximum absolute atomic E-state index is 14.1. The summed E-state index contributed by atoms with van der Waals surface area (Å²) in [5, 5.41) is 7.00. The molecular formula is C25H33F2N7. The molecule has 0 aromatic heterocycles. The van der Waals surface area contributed by atoms with Crippen LogP contribution in [0.2, 0.25) is 0 Å². The fourth-order valence-electron chi connectivity index (χ4n) is 4.96. The Hall–Kier alpha value is -3.13. The van der Waals surface area contributed by atoms with E-state index < -0.39 is 12.6 Å². The van der Waals surface area contributed by atoms with Crippen LogP contribution in [0.15, 0.2) is 52.7 Å². The first-order chi connectivity index (χ1) is 16.4. The molecule has 0 bridgehead atoms. The zero-order valence-electron chi connectivity index (χ0n) is 19.7. The lowest BCUT2D eigenvalue weighted by molar-refractivity contribution is 0.151. The number of nitrogens with one attached hydrogen (secondary N) is 2. The number of hydrogen-bond acceptors (Lipinski definition) is 7. The molecule has 0 aliphatic carbocycles. The molecule has 1 aromatic rings. The predicted octanol–water partition coefficient (Wildman–Crippen LogP) is 2.44. The molecule has 1 aromatic carbocycles. The first-order valence-electron chi connectivity index (χ1n) is 11.6. The molecule has 1 fully saturated rings. The number of hydrogen-bond donors (Lipinski definition) is 4. The van der Waals surface area contributed by atoms with Crippen LogP contribution in [0, 0.1) is 0 Å². The Bertz CT molecular complexity index is 1080. The number of aliphatic imine (C=N–C) groups is 1. The maximum atomic E-state index is 14.1. The van der Waals surface area contributed by atoms with Crippen LogP contribution in [0.3, 0.4) is 0 Å². The SMILES string of the molecule is C=C=C(C)N1CC(NC2CCNC2)=C1C(N)N1CCc2cc(C(C=NC)=CN)c(C(F)F)cc21. The summed E-state index contributed by atoms with van der Waals surface area (Å²) >= 11 is 0. The second kappa shape index (κ2) is 10.0. The minimum absolute atomic E-state index is 0.0774. The highest BCUT2D eigenvalue weighted by molar-refractivity contribution is 6.10. The Morgan fingerprint density at radius 1 is 1.41 bits per heavy atom. The molecule has 2 atom stereocenters. The normalized spacial score (nSPS) is 21.2. The van der Waals surface area contributed by atoms with Gasteiger partial charge in [-0.2, -0.15) is 0 Å². The third kappa shape index (κ3) is 4.34. The fourth-order valence-corrected chi connectivity index (χ4v) is 4.96. The Balaban J connectivity index is 1.70. The van der Waals surface area contributed by atoms with Crippen LogP contribution >= 0.6 is 0 Å². The zero-order chi connectivity index (χ0) is 24.4. The van der Waals surface area contributed by atoms with Crippen molar-refractivity contribution in [3.05, 3.63) is 64.4 Å². The van der Waals surface area contributed by atoms with Crippen LogP contribution in [0.1, 0.15) is 36.5 Å². The summed E-state index contributed by atoms with van der Waals surface area (Å²) in [5.41, 5.74) is 20.9. The second-order valence-corrected chi connectivity index (χ2v) is 8.81. The van der Waals surface area contributed by atoms with E-state index in [1.165, 1.54) is 12.4 Å². The molecule has 9 heteroatoms. The first-order valence-corrected chi connectivity index (χ1v) is 11.6. The molecule has 4 rings (SSSR count). The van der Waals surface area contributed by atoms with Crippen LogP contribution in [-0.4, -0.2) is 56.5 Å². The molecule has 0 saturated carbocycles. The molecule has 3 heterocycles. The van der Waals surface area contributed by atoms with Gasteiger partial charge in [-0.25, -0.2) is 8.78 Å². The largest absolute Gasteiger partial charge is 0.404 e. The minimum atomic E-state index is -2.66. The van der Waals surface area contributed by atoms with E-state index in [1.54, 1.807) is 19.2 Å². The smallest absolute Gasteiger partial charge is 0.264 e. The highest BCUT2D eigenvalue weighted by Crippen LogP contribution is 2.40. The molecule has 34 heavy (non-hydrogen) atoms. The van der Waals surface area contributed by atoms with E-state index in [1.807, 2.05) is 11.8 Å². The second-order valence-electron chi connectivity index (χ2n) is 8.81. The number of halogens is 2. The van der Waals surface area contributed by atoms with Gasteiger partial charge in [0.25, 0.3) is 6.43 Å². The summed E-state index contributed by atoms with van der Waals surface area (Å²) in [7, 11) is 1.59. The van der Waals surface area contributed by atoms with E-state index in [-0.39, 0.29) is 5.56 Å². The molecule has 0 radical (unpaired) electrons. The molecule has 3 aliphatic rings. The number of allylic oxidation sites excluding steroid dienone is 2. The topological polar surface area (TPSA) is 94.9 Å². The third-order valence-corrected chi connectivity index (χ3v) is 6.81. The van der Waals surface area contributed by atoms with Crippen LogP contribution in [-0.2, 0) is 6.42 Å². The van der Waals surface area contributed by atoms with Gasteiger partial charge in [-0.15, -0.1) is 5.73 Å². The van der Waals surface area contributed by atoms with Gasteiger partial charge in [0.1, 0.15) is 6.17 Å². The zero-order valence-corrected chi connectivity index (χ0v) is 19.7. The monoisotopic (exact) mass is 469 g/mol. The lowest BCUT2D eigenvalue weighted by atomic mass is 9.96. The summed E-state index contributed by atoms with van der Waals surface area (Å²) in [6.45, 7) is 8.97. The van der Waals surface area contributed by atoms with Gasteiger partial charge in [-0.3, -0.25) is 4.99 Å². The molecular weight excluding hydrogens is 436 g/mol. The van der Waals surface area contributed by atoms with Crippen molar-refractivity contribution in [2.45, 2.75) is 38.4 Å². The van der Waals surface area contributed by atoms with Crippen molar-refractivity contribution in [2.75, 3.05) is 38.1 Å². The van der Waals surface area contributed by atoms with Gasteiger partial charge in [0.2, 0.25) is 0 Å². The van der Waals surface area contributed by atoms with Crippen molar-refractivity contribution in [2.24, 2.45) is 16.5 Å². The average molecular weight is 470 g/mol. The van der Waals surface area contributed by atoms with Crippen LogP contribution < -0.4 is 27.0 Å². The van der Waals surface area contributed by atoms with Gasteiger partial charge in [0.05, 0.1) is 23.6 Å². The van der Waals surface area contributed by atoms with Crippen LogP contribution in [0.5, 0.6) is 0 Å².